The minimum Gasteiger partial charge on any atom is -0.326 e. The predicted octanol–water partition coefficient (Wildman–Crippen LogP) is 3.78. The summed E-state index contributed by atoms with van der Waals surface area (Å²) >= 11 is 6.33. The first-order valence-corrected chi connectivity index (χ1v) is 13.7. The predicted molar refractivity (Wildman–Crippen MR) is 147 cm³/mol. The molecule has 3 aromatic carbocycles. The van der Waals surface area contributed by atoms with Gasteiger partial charge in [0.25, 0.3) is 5.91 Å². The molecule has 0 saturated carbocycles. The summed E-state index contributed by atoms with van der Waals surface area (Å²) in [6, 6.07) is 16.9. The lowest BCUT2D eigenvalue weighted by molar-refractivity contribution is -0.122. The van der Waals surface area contributed by atoms with Crippen LogP contribution in [0, 0.1) is 0 Å². The molecule has 1 aliphatic rings. The maximum atomic E-state index is 13.9. The number of amides is 4. The average Bonchev–Trinajstić information content (AvgIpc) is 3.16. The Morgan fingerprint density at radius 3 is 1.97 bits per heavy atom. The van der Waals surface area contributed by atoms with Crippen molar-refractivity contribution >= 4 is 62.3 Å². The van der Waals surface area contributed by atoms with E-state index < -0.39 is 27.9 Å². The molecule has 1 aliphatic heterocycles. The van der Waals surface area contributed by atoms with Crippen LogP contribution in [0.25, 0.3) is 0 Å². The number of halogens is 1. The molecular formula is C27H25ClN4O6S. The Kier molecular flexibility index (Phi) is 8.14. The van der Waals surface area contributed by atoms with E-state index in [0.717, 1.165) is 9.21 Å². The van der Waals surface area contributed by atoms with Gasteiger partial charge in [-0.25, -0.2) is 13.3 Å². The summed E-state index contributed by atoms with van der Waals surface area (Å²) in [4.78, 5) is 50.1. The Morgan fingerprint density at radius 1 is 0.897 bits per heavy atom. The van der Waals surface area contributed by atoms with E-state index in [1.807, 2.05) is 0 Å². The third kappa shape index (κ3) is 6.17. The molecule has 10 nitrogen and oxygen atoms in total. The summed E-state index contributed by atoms with van der Waals surface area (Å²) in [5.41, 5.74) is 1.58. The smallest absolute Gasteiger partial charge is 0.252 e. The molecule has 4 rings (SSSR count). The number of carbonyl (C=O) groups is 4. The monoisotopic (exact) mass is 568 g/mol. The van der Waals surface area contributed by atoms with E-state index in [4.69, 9.17) is 11.6 Å². The van der Waals surface area contributed by atoms with E-state index in [1.54, 1.807) is 36.4 Å². The van der Waals surface area contributed by atoms with Gasteiger partial charge >= 0.3 is 0 Å². The van der Waals surface area contributed by atoms with E-state index >= 15 is 0 Å². The Labute approximate surface area is 230 Å². The molecule has 1 unspecified atom stereocenters. The van der Waals surface area contributed by atoms with Crippen molar-refractivity contribution in [1.82, 2.24) is 4.31 Å². The van der Waals surface area contributed by atoms with Crippen LogP contribution in [0.3, 0.4) is 0 Å². The lowest BCUT2D eigenvalue weighted by Crippen LogP contribution is -2.45. The van der Waals surface area contributed by atoms with Crippen molar-refractivity contribution in [2.24, 2.45) is 0 Å². The van der Waals surface area contributed by atoms with E-state index in [9.17, 15) is 27.6 Å². The van der Waals surface area contributed by atoms with Crippen molar-refractivity contribution in [2.45, 2.75) is 37.8 Å². The zero-order chi connectivity index (χ0) is 28.3. The zero-order valence-electron chi connectivity index (χ0n) is 21.0. The van der Waals surface area contributed by atoms with Crippen LogP contribution < -0.4 is 15.5 Å². The number of benzene rings is 3. The van der Waals surface area contributed by atoms with Crippen molar-refractivity contribution in [3.8, 4) is 0 Å². The van der Waals surface area contributed by atoms with Gasteiger partial charge in [0.05, 0.1) is 17.0 Å². The molecule has 1 atom stereocenters. The third-order valence-corrected chi connectivity index (χ3v) is 8.22. The van der Waals surface area contributed by atoms with E-state index in [1.165, 1.54) is 50.2 Å². The first kappa shape index (κ1) is 28.0. The van der Waals surface area contributed by atoms with Crippen molar-refractivity contribution < 1.29 is 27.6 Å². The lowest BCUT2D eigenvalue weighted by atomic mass is 10.2. The molecule has 3 aromatic rings. The van der Waals surface area contributed by atoms with E-state index in [2.05, 4.69) is 10.6 Å². The van der Waals surface area contributed by atoms with Crippen LogP contribution in [0.2, 0.25) is 5.02 Å². The van der Waals surface area contributed by atoms with Crippen molar-refractivity contribution in [3.05, 3.63) is 83.4 Å². The van der Waals surface area contributed by atoms with Gasteiger partial charge in [0.15, 0.2) is 0 Å². The summed E-state index contributed by atoms with van der Waals surface area (Å²) in [5.74, 6) is -1.87. The number of hydrogen-bond acceptors (Lipinski definition) is 6. The second-order valence-electron chi connectivity index (χ2n) is 8.86. The molecule has 4 amide bonds. The number of hydrogen-bond donors (Lipinski definition) is 2. The Balaban J connectivity index is 1.70. The number of imide groups is 1. The summed E-state index contributed by atoms with van der Waals surface area (Å²) in [6.45, 7) is 2.43. The van der Waals surface area contributed by atoms with Crippen molar-refractivity contribution in [1.29, 1.82) is 0 Å². The summed E-state index contributed by atoms with van der Waals surface area (Å²) in [7, 11) is -4.31. The van der Waals surface area contributed by atoms with Gasteiger partial charge in [-0.05, 0) is 60.2 Å². The molecule has 2 N–H and O–H groups in total. The molecule has 12 heteroatoms. The van der Waals surface area contributed by atoms with Crippen LogP contribution in [-0.2, 0) is 35.7 Å². The van der Waals surface area contributed by atoms with Crippen LogP contribution >= 0.6 is 11.6 Å². The maximum Gasteiger partial charge on any atom is 0.252 e. The SMILES string of the molecule is CC(=O)Nc1ccc(N2C(=O)CC(N(Cc3ccccc3Cl)S(=O)(=O)c3ccc(NC(C)=O)cc3)C2=O)cc1. The Hall–Kier alpha value is -4.06. The summed E-state index contributed by atoms with van der Waals surface area (Å²) < 4.78 is 28.7. The van der Waals surface area contributed by atoms with Gasteiger partial charge < -0.3 is 10.6 Å². The number of nitrogens with one attached hydrogen (secondary N) is 2. The number of sulfonamides is 1. The maximum absolute atomic E-state index is 13.9. The first-order valence-electron chi connectivity index (χ1n) is 11.8. The van der Waals surface area contributed by atoms with Crippen LogP contribution in [0.1, 0.15) is 25.8 Å². The topological polar surface area (TPSA) is 133 Å². The third-order valence-electron chi connectivity index (χ3n) is 5.98. The Bertz CT molecular complexity index is 1540. The highest BCUT2D eigenvalue weighted by atomic mass is 35.5. The molecule has 0 aliphatic carbocycles. The van der Waals surface area contributed by atoms with Gasteiger partial charge in [0, 0.05) is 36.8 Å². The van der Waals surface area contributed by atoms with Gasteiger partial charge in [-0.2, -0.15) is 4.31 Å². The molecule has 0 radical (unpaired) electrons. The highest BCUT2D eigenvalue weighted by Gasteiger charge is 2.47. The zero-order valence-corrected chi connectivity index (χ0v) is 22.6. The molecule has 0 aromatic heterocycles. The minimum atomic E-state index is -4.31. The highest BCUT2D eigenvalue weighted by Crippen LogP contribution is 2.32. The fourth-order valence-corrected chi connectivity index (χ4v) is 5.97. The fraction of sp³-hybridized carbons (Fsp3) is 0.185. The van der Waals surface area contributed by atoms with Crippen LogP contribution in [0.5, 0.6) is 0 Å². The summed E-state index contributed by atoms with van der Waals surface area (Å²) in [6.07, 6.45) is -0.375. The molecule has 202 valence electrons. The number of rotatable bonds is 8. The number of carbonyl (C=O) groups excluding carboxylic acids is 4. The van der Waals surface area contributed by atoms with Gasteiger partial charge in [-0.15, -0.1) is 0 Å². The van der Waals surface area contributed by atoms with Gasteiger partial charge in [0.2, 0.25) is 27.7 Å². The highest BCUT2D eigenvalue weighted by molar-refractivity contribution is 7.89. The average molecular weight is 569 g/mol. The molecule has 39 heavy (non-hydrogen) atoms. The molecule has 0 spiro atoms. The first-order chi connectivity index (χ1) is 18.5. The van der Waals surface area contributed by atoms with E-state index in [0.29, 0.717) is 22.0 Å². The minimum absolute atomic E-state index is 0.123. The van der Waals surface area contributed by atoms with Crippen LogP contribution in [0.4, 0.5) is 17.1 Å². The van der Waals surface area contributed by atoms with E-state index in [-0.39, 0.29) is 35.4 Å². The number of anilines is 3. The normalized spacial score (nSPS) is 15.5. The second-order valence-corrected chi connectivity index (χ2v) is 11.2. The van der Waals surface area contributed by atoms with Gasteiger partial charge in [-0.3, -0.25) is 19.2 Å². The van der Waals surface area contributed by atoms with Crippen molar-refractivity contribution in [3.63, 3.8) is 0 Å². The van der Waals surface area contributed by atoms with Gasteiger partial charge in [-0.1, -0.05) is 29.8 Å². The Morgan fingerprint density at radius 2 is 1.44 bits per heavy atom. The van der Waals surface area contributed by atoms with Gasteiger partial charge in [0.1, 0.15) is 6.04 Å². The van der Waals surface area contributed by atoms with Crippen LogP contribution in [0.15, 0.2) is 77.7 Å². The number of nitrogens with zero attached hydrogens (tertiary/aromatic N) is 2. The second kappa shape index (κ2) is 11.4. The fourth-order valence-electron chi connectivity index (χ4n) is 4.22. The standard InChI is InChI=1S/C27H25ClN4O6S/c1-17(33)29-20-7-11-22(12-8-20)32-26(35)15-25(27(32)36)31(16-19-5-3-4-6-24(19)28)39(37,38)23-13-9-21(10-14-23)30-18(2)34/h3-14,25H,15-16H2,1-2H3,(H,29,33)(H,30,34). The van der Waals surface area contributed by atoms with Crippen LogP contribution in [-0.4, -0.2) is 42.4 Å². The molecule has 1 fully saturated rings. The summed E-state index contributed by atoms with van der Waals surface area (Å²) in [5, 5.41) is 5.49. The lowest BCUT2D eigenvalue weighted by Gasteiger charge is -2.27. The molecule has 1 heterocycles. The molecule has 0 bridgehead atoms. The quantitative estimate of drug-likeness (QED) is 0.397. The largest absolute Gasteiger partial charge is 0.326 e. The molecule has 1 saturated heterocycles. The molecular weight excluding hydrogens is 544 g/mol. The van der Waals surface area contributed by atoms with Crippen molar-refractivity contribution in [2.75, 3.05) is 15.5 Å².